The molecule has 2 saturated heterocycles. The Morgan fingerprint density at radius 3 is 2.37 bits per heavy atom. The Morgan fingerprint density at radius 2 is 1.71 bits per heavy atom. The first-order valence-corrected chi connectivity index (χ1v) is 12.6. The number of aromatic nitrogens is 2. The van der Waals surface area contributed by atoms with Crippen molar-refractivity contribution in [1.29, 1.82) is 0 Å². The standard InChI is InChI=1S/C28H35N5O2/c1-20-4-9-26(21(2)18-20)31-14-16-32(17-15-31)28(34)25-19-30-33(23-5-7-24(35-3)8-6-23)27(25)22-10-12-29-13-11-22/h4-9,18-19,22,29H,10-17H2,1-3H3. The van der Waals surface area contributed by atoms with E-state index in [-0.39, 0.29) is 5.91 Å². The Kier molecular flexibility index (Phi) is 6.77. The molecule has 2 fully saturated rings. The number of carbonyl (C=O) groups excluding carboxylic acids is 1. The van der Waals surface area contributed by atoms with Crippen LogP contribution in [0.3, 0.4) is 0 Å². The van der Waals surface area contributed by atoms with Crippen LogP contribution in [0.25, 0.3) is 5.69 Å². The number of hydrogen-bond donors (Lipinski definition) is 1. The molecule has 5 rings (SSSR count). The fraction of sp³-hybridized carbons (Fsp3) is 0.429. The van der Waals surface area contributed by atoms with Gasteiger partial charge in [0.1, 0.15) is 5.75 Å². The Morgan fingerprint density at radius 1 is 1.00 bits per heavy atom. The lowest BCUT2D eigenvalue weighted by Crippen LogP contribution is -2.49. The fourth-order valence-corrected chi connectivity index (χ4v) is 5.42. The number of ether oxygens (including phenoxy) is 1. The van der Waals surface area contributed by atoms with Crippen LogP contribution in [0.1, 0.15) is 45.9 Å². The van der Waals surface area contributed by atoms with Gasteiger partial charge in [0.15, 0.2) is 0 Å². The molecule has 0 bridgehead atoms. The van der Waals surface area contributed by atoms with Gasteiger partial charge in [-0.1, -0.05) is 17.7 Å². The molecule has 0 unspecified atom stereocenters. The van der Waals surface area contributed by atoms with Gasteiger partial charge in [-0.05, 0) is 75.7 Å². The average molecular weight is 474 g/mol. The molecule has 2 aliphatic heterocycles. The smallest absolute Gasteiger partial charge is 0.257 e. The Bertz CT molecular complexity index is 1170. The molecule has 0 aliphatic carbocycles. The SMILES string of the molecule is COc1ccc(-n2ncc(C(=O)N3CCN(c4ccc(C)cc4C)CC3)c2C2CCNCC2)cc1. The second kappa shape index (κ2) is 10.1. The Hall–Kier alpha value is -3.32. The molecule has 0 atom stereocenters. The van der Waals surface area contributed by atoms with E-state index >= 15 is 0 Å². The minimum Gasteiger partial charge on any atom is -0.497 e. The molecule has 1 amide bonds. The van der Waals surface area contributed by atoms with Crippen molar-refractivity contribution in [2.45, 2.75) is 32.6 Å². The van der Waals surface area contributed by atoms with Crippen molar-refractivity contribution in [2.75, 3.05) is 51.3 Å². The van der Waals surface area contributed by atoms with E-state index in [1.165, 1.54) is 16.8 Å². The van der Waals surface area contributed by atoms with Gasteiger partial charge in [-0.15, -0.1) is 0 Å². The number of nitrogens with zero attached hydrogens (tertiary/aromatic N) is 4. The van der Waals surface area contributed by atoms with E-state index in [0.717, 1.165) is 61.7 Å². The number of rotatable bonds is 5. The number of hydrogen-bond acceptors (Lipinski definition) is 5. The second-order valence-corrected chi connectivity index (χ2v) is 9.65. The largest absolute Gasteiger partial charge is 0.497 e. The van der Waals surface area contributed by atoms with Crippen LogP contribution in [-0.2, 0) is 0 Å². The summed E-state index contributed by atoms with van der Waals surface area (Å²) in [6, 6.07) is 14.5. The average Bonchev–Trinajstić information content (AvgIpc) is 3.34. The van der Waals surface area contributed by atoms with Gasteiger partial charge in [-0.2, -0.15) is 5.10 Å². The predicted molar refractivity (Wildman–Crippen MR) is 139 cm³/mol. The first kappa shape index (κ1) is 23.4. The first-order valence-electron chi connectivity index (χ1n) is 12.6. The molecule has 2 aliphatic rings. The molecule has 3 aromatic rings. The van der Waals surface area contributed by atoms with Crippen LogP contribution in [-0.4, -0.2) is 67.0 Å². The minimum atomic E-state index is 0.0959. The molecule has 7 heteroatoms. The van der Waals surface area contributed by atoms with E-state index < -0.39 is 0 Å². The number of nitrogens with one attached hydrogen (secondary N) is 1. The normalized spacial score (nSPS) is 17.0. The molecule has 1 N–H and O–H groups in total. The third kappa shape index (κ3) is 4.78. The molecular formula is C28H35N5O2. The summed E-state index contributed by atoms with van der Waals surface area (Å²) in [7, 11) is 1.67. The molecule has 2 aromatic carbocycles. The van der Waals surface area contributed by atoms with Crippen LogP contribution < -0.4 is 15.0 Å². The highest BCUT2D eigenvalue weighted by Crippen LogP contribution is 2.32. The lowest BCUT2D eigenvalue weighted by atomic mass is 9.91. The number of aryl methyl sites for hydroxylation is 2. The van der Waals surface area contributed by atoms with Crippen molar-refractivity contribution in [1.82, 2.24) is 20.0 Å². The molecule has 35 heavy (non-hydrogen) atoms. The number of benzene rings is 2. The van der Waals surface area contributed by atoms with Crippen molar-refractivity contribution >= 4 is 11.6 Å². The third-order valence-electron chi connectivity index (χ3n) is 7.34. The van der Waals surface area contributed by atoms with Crippen LogP contribution in [0.5, 0.6) is 5.75 Å². The van der Waals surface area contributed by atoms with Gasteiger partial charge in [0.2, 0.25) is 0 Å². The number of anilines is 1. The molecule has 0 spiro atoms. The van der Waals surface area contributed by atoms with Crippen molar-refractivity contribution < 1.29 is 9.53 Å². The fourth-order valence-electron chi connectivity index (χ4n) is 5.42. The topological polar surface area (TPSA) is 62.6 Å². The predicted octanol–water partition coefficient (Wildman–Crippen LogP) is 3.93. The van der Waals surface area contributed by atoms with Crippen LogP contribution in [0.2, 0.25) is 0 Å². The minimum absolute atomic E-state index is 0.0959. The van der Waals surface area contributed by atoms with Crippen LogP contribution >= 0.6 is 0 Å². The summed E-state index contributed by atoms with van der Waals surface area (Å²) in [4.78, 5) is 18.2. The third-order valence-corrected chi connectivity index (χ3v) is 7.34. The maximum absolute atomic E-state index is 13.8. The molecule has 3 heterocycles. The number of carbonyl (C=O) groups is 1. The van der Waals surface area contributed by atoms with Crippen LogP contribution in [0.4, 0.5) is 5.69 Å². The van der Waals surface area contributed by atoms with E-state index in [4.69, 9.17) is 9.84 Å². The number of piperazine rings is 1. The summed E-state index contributed by atoms with van der Waals surface area (Å²) in [5.41, 5.74) is 6.58. The molecule has 7 nitrogen and oxygen atoms in total. The summed E-state index contributed by atoms with van der Waals surface area (Å²) in [5, 5.41) is 8.16. The van der Waals surface area contributed by atoms with Crippen LogP contribution in [0.15, 0.2) is 48.7 Å². The molecule has 184 valence electrons. The lowest BCUT2D eigenvalue weighted by molar-refractivity contribution is 0.0744. The highest BCUT2D eigenvalue weighted by molar-refractivity contribution is 5.95. The van der Waals surface area contributed by atoms with Crippen LogP contribution in [0, 0.1) is 13.8 Å². The van der Waals surface area contributed by atoms with Gasteiger partial charge < -0.3 is 19.9 Å². The Balaban J connectivity index is 1.39. The van der Waals surface area contributed by atoms with Crippen molar-refractivity contribution in [3.63, 3.8) is 0 Å². The molecule has 1 aromatic heterocycles. The van der Waals surface area contributed by atoms with Gasteiger partial charge in [0.25, 0.3) is 5.91 Å². The number of methoxy groups -OCH3 is 1. The van der Waals surface area contributed by atoms with Gasteiger partial charge in [0.05, 0.1) is 30.3 Å². The number of piperidine rings is 1. The summed E-state index contributed by atoms with van der Waals surface area (Å²) in [5.74, 6) is 1.21. The van der Waals surface area contributed by atoms with Crippen molar-refractivity contribution in [3.8, 4) is 11.4 Å². The summed E-state index contributed by atoms with van der Waals surface area (Å²) in [6.45, 7) is 9.31. The zero-order valence-corrected chi connectivity index (χ0v) is 21.0. The molecule has 0 saturated carbocycles. The van der Waals surface area contributed by atoms with Crippen molar-refractivity contribution in [3.05, 3.63) is 71.0 Å². The molecular weight excluding hydrogens is 438 g/mol. The summed E-state index contributed by atoms with van der Waals surface area (Å²) in [6.07, 6.45) is 3.78. The maximum atomic E-state index is 13.8. The number of amides is 1. The zero-order valence-electron chi connectivity index (χ0n) is 21.0. The van der Waals surface area contributed by atoms with Gasteiger partial charge in [-0.25, -0.2) is 4.68 Å². The zero-order chi connectivity index (χ0) is 24.4. The second-order valence-electron chi connectivity index (χ2n) is 9.65. The van der Waals surface area contributed by atoms with E-state index in [1.807, 2.05) is 33.8 Å². The van der Waals surface area contributed by atoms with E-state index in [9.17, 15) is 4.79 Å². The Labute approximate surface area is 207 Å². The highest BCUT2D eigenvalue weighted by Gasteiger charge is 2.31. The highest BCUT2D eigenvalue weighted by atomic mass is 16.5. The monoisotopic (exact) mass is 473 g/mol. The van der Waals surface area contributed by atoms with Crippen molar-refractivity contribution in [2.24, 2.45) is 0 Å². The summed E-state index contributed by atoms with van der Waals surface area (Å²) >= 11 is 0. The van der Waals surface area contributed by atoms with E-state index in [2.05, 4.69) is 42.3 Å². The van der Waals surface area contributed by atoms with Gasteiger partial charge >= 0.3 is 0 Å². The van der Waals surface area contributed by atoms with Gasteiger partial charge in [-0.3, -0.25) is 4.79 Å². The molecule has 0 radical (unpaired) electrons. The van der Waals surface area contributed by atoms with E-state index in [1.54, 1.807) is 13.3 Å². The lowest BCUT2D eigenvalue weighted by Gasteiger charge is -2.37. The van der Waals surface area contributed by atoms with Gasteiger partial charge in [0, 0.05) is 37.8 Å². The summed E-state index contributed by atoms with van der Waals surface area (Å²) < 4.78 is 7.29. The maximum Gasteiger partial charge on any atom is 0.257 e. The van der Waals surface area contributed by atoms with E-state index in [0.29, 0.717) is 19.0 Å². The quantitative estimate of drug-likeness (QED) is 0.609. The first-order chi connectivity index (χ1) is 17.0.